The van der Waals surface area contributed by atoms with Gasteiger partial charge in [-0.1, -0.05) is 5.21 Å². The van der Waals surface area contributed by atoms with Crippen molar-refractivity contribution in [2.75, 3.05) is 26.2 Å². The molecule has 7 nitrogen and oxygen atoms in total. The third kappa shape index (κ3) is 2.89. The highest BCUT2D eigenvalue weighted by molar-refractivity contribution is 5.87. The molecule has 2 saturated carbocycles. The van der Waals surface area contributed by atoms with Crippen LogP contribution in [-0.2, 0) is 15.1 Å². The zero-order valence-electron chi connectivity index (χ0n) is 14.1. The van der Waals surface area contributed by atoms with Crippen LogP contribution in [0.1, 0.15) is 26.2 Å². The highest BCUT2D eigenvalue weighted by Gasteiger charge is 2.56. The van der Waals surface area contributed by atoms with E-state index in [4.69, 9.17) is 0 Å². The topological polar surface area (TPSA) is 71.3 Å². The van der Waals surface area contributed by atoms with E-state index in [-0.39, 0.29) is 44.4 Å². The quantitative estimate of drug-likeness (QED) is 0.795. The molecule has 0 radical (unpaired) electrons. The number of carbonyl (C=O) groups is 2. The number of hydrogen-bond acceptors (Lipinski definition) is 4. The SMILES string of the molecule is CC1(F)CN(C(=O)C2CC2F)CCN(C(=O)C2(n3ccnn3)CC2)C1. The van der Waals surface area contributed by atoms with Crippen LogP contribution in [0.3, 0.4) is 0 Å². The number of rotatable bonds is 3. The summed E-state index contributed by atoms with van der Waals surface area (Å²) < 4.78 is 29.7. The number of halogens is 2. The number of aromatic nitrogens is 3. The number of nitrogens with zero attached hydrogens (tertiary/aromatic N) is 5. The molecule has 2 aliphatic carbocycles. The van der Waals surface area contributed by atoms with Gasteiger partial charge in [0.25, 0.3) is 5.91 Å². The Morgan fingerprint density at radius 3 is 2.40 bits per heavy atom. The third-order valence-electron chi connectivity index (χ3n) is 5.29. The van der Waals surface area contributed by atoms with Crippen LogP contribution >= 0.6 is 0 Å². The van der Waals surface area contributed by atoms with E-state index in [0.29, 0.717) is 12.8 Å². The molecule has 1 aromatic rings. The van der Waals surface area contributed by atoms with Gasteiger partial charge in [0.2, 0.25) is 5.91 Å². The first-order chi connectivity index (χ1) is 11.8. The van der Waals surface area contributed by atoms with Crippen molar-refractivity contribution < 1.29 is 18.4 Å². The number of amides is 2. The summed E-state index contributed by atoms with van der Waals surface area (Å²) >= 11 is 0. The molecular formula is C16H21F2N5O2. The fourth-order valence-electron chi connectivity index (χ4n) is 3.65. The molecule has 3 unspecified atom stereocenters. The fraction of sp³-hybridized carbons (Fsp3) is 0.750. The van der Waals surface area contributed by atoms with Gasteiger partial charge in [-0.25, -0.2) is 13.5 Å². The zero-order valence-corrected chi connectivity index (χ0v) is 14.1. The summed E-state index contributed by atoms with van der Waals surface area (Å²) in [6.07, 6.45) is 3.55. The standard InChI is InChI=1S/C16H21F2N5O2/c1-15(18)9-21(13(24)11-8-12(11)17)6-7-22(10-15)14(25)16(2-3-16)23-5-4-19-20-23/h4-5,11-12H,2-3,6-10H2,1H3. The van der Waals surface area contributed by atoms with E-state index in [0.717, 1.165) is 0 Å². The second-order valence-corrected chi connectivity index (χ2v) is 7.64. The molecule has 136 valence electrons. The van der Waals surface area contributed by atoms with Gasteiger partial charge in [-0.3, -0.25) is 9.59 Å². The lowest BCUT2D eigenvalue weighted by Crippen LogP contribution is -2.48. The first kappa shape index (κ1) is 16.4. The lowest BCUT2D eigenvalue weighted by molar-refractivity contribution is -0.138. The van der Waals surface area contributed by atoms with E-state index in [1.807, 2.05) is 0 Å². The van der Waals surface area contributed by atoms with Crippen molar-refractivity contribution >= 4 is 11.8 Å². The van der Waals surface area contributed by atoms with Gasteiger partial charge in [-0.15, -0.1) is 5.10 Å². The van der Waals surface area contributed by atoms with Gasteiger partial charge in [-0.05, 0) is 26.2 Å². The van der Waals surface area contributed by atoms with Gasteiger partial charge in [0.05, 0.1) is 25.2 Å². The second kappa shape index (κ2) is 5.47. The Kier molecular flexibility index (Phi) is 3.59. The summed E-state index contributed by atoms with van der Waals surface area (Å²) in [5.74, 6) is -1.17. The van der Waals surface area contributed by atoms with E-state index in [1.54, 1.807) is 6.20 Å². The normalized spacial score (nSPS) is 33.7. The minimum atomic E-state index is -1.74. The van der Waals surface area contributed by atoms with Crippen molar-refractivity contribution in [3.63, 3.8) is 0 Å². The van der Waals surface area contributed by atoms with Gasteiger partial charge < -0.3 is 9.80 Å². The molecule has 2 amide bonds. The number of alkyl halides is 2. The molecule has 0 N–H and O–H groups in total. The van der Waals surface area contributed by atoms with Crippen molar-refractivity contribution in [3.05, 3.63) is 12.4 Å². The lowest BCUT2D eigenvalue weighted by atomic mass is 10.1. The lowest BCUT2D eigenvalue weighted by Gasteiger charge is -2.29. The van der Waals surface area contributed by atoms with Gasteiger partial charge in [0.1, 0.15) is 17.4 Å². The molecule has 1 aromatic heterocycles. The highest BCUT2D eigenvalue weighted by Crippen LogP contribution is 2.45. The molecule has 0 bridgehead atoms. The Bertz CT molecular complexity index is 689. The fourth-order valence-corrected chi connectivity index (χ4v) is 3.65. The van der Waals surface area contributed by atoms with E-state index < -0.39 is 23.3 Å². The van der Waals surface area contributed by atoms with Crippen LogP contribution in [0.4, 0.5) is 8.78 Å². The van der Waals surface area contributed by atoms with E-state index >= 15 is 0 Å². The molecule has 9 heteroatoms. The van der Waals surface area contributed by atoms with Crippen LogP contribution in [0.2, 0.25) is 0 Å². The third-order valence-corrected chi connectivity index (χ3v) is 5.29. The summed E-state index contributed by atoms with van der Waals surface area (Å²) in [6, 6.07) is 0. The summed E-state index contributed by atoms with van der Waals surface area (Å²) in [6.45, 7) is 1.64. The Morgan fingerprint density at radius 2 is 1.84 bits per heavy atom. The van der Waals surface area contributed by atoms with E-state index in [9.17, 15) is 18.4 Å². The smallest absolute Gasteiger partial charge is 0.250 e. The average Bonchev–Trinajstić information content (AvgIpc) is 3.46. The Labute approximate surface area is 143 Å². The van der Waals surface area contributed by atoms with Gasteiger partial charge in [0, 0.05) is 19.3 Å². The molecule has 3 atom stereocenters. The molecule has 0 aromatic carbocycles. The molecule has 25 heavy (non-hydrogen) atoms. The summed E-state index contributed by atoms with van der Waals surface area (Å²) in [5.41, 5.74) is -2.51. The predicted molar refractivity (Wildman–Crippen MR) is 82.9 cm³/mol. The zero-order chi connectivity index (χ0) is 17.8. The summed E-state index contributed by atoms with van der Waals surface area (Å²) in [7, 11) is 0. The minimum Gasteiger partial charge on any atom is -0.337 e. The van der Waals surface area contributed by atoms with Crippen molar-refractivity contribution in [1.29, 1.82) is 0 Å². The number of carbonyl (C=O) groups excluding carboxylic acids is 2. The molecule has 1 saturated heterocycles. The Morgan fingerprint density at radius 1 is 1.20 bits per heavy atom. The van der Waals surface area contributed by atoms with E-state index in [2.05, 4.69) is 10.3 Å². The molecule has 1 aliphatic heterocycles. The van der Waals surface area contributed by atoms with Crippen LogP contribution in [0, 0.1) is 5.92 Å². The molecule has 3 fully saturated rings. The Hall–Kier alpha value is -2.06. The maximum atomic E-state index is 15.0. The van der Waals surface area contributed by atoms with Gasteiger partial charge in [-0.2, -0.15) is 0 Å². The van der Waals surface area contributed by atoms with Crippen LogP contribution in [0.15, 0.2) is 12.4 Å². The predicted octanol–water partition coefficient (Wildman–Crippen LogP) is 0.524. The van der Waals surface area contributed by atoms with Crippen molar-refractivity contribution in [2.45, 2.75) is 43.6 Å². The molecule has 4 rings (SSSR count). The summed E-state index contributed by atoms with van der Waals surface area (Å²) in [4.78, 5) is 28.1. The molecule has 2 heterocycles. The largest absolute Gasteiger partial charge is 0.337 e. The Balaban J connectivity index is 1.50. The first-order valence-electron chi connectivity index (χ1n) is 8.60. The molecule has 3 aliphatic rings. The highest BCUT2D eigenvalue weighted by atomic mass is 19.1. The van der Waals surface area contributed by atoms with Crippen LogP contribution in [0.5, 0.6) is 0 Å². The maximum Gasteiger partial charge on any atom is 0.250 e. The van der Waals surface area contributed by atoms with Crippen LogP contribution in [-0.4, -0.2) is 74.6 Å². The van der Waals surface area contributed by atoms with Crippen LogP contribution < -0.4 is 0 Å². The van der Waals surface area contributed by atoms with Crippen molar-refractivity contribution in [2.24, 2.45) is 5.92 Å². The monoisotopic (exact) mass is 353 g/mol. The van der Waals surface area contributed by atoms with Crippen molar-refractivity contribution in [1.82, 2.24) is 24.8 Å². The van der Waals surface area contributed by atoms with Crippen LogP contribution in [0.25, 0.3) is 0 Å². The first-order valence-corrected chi connectivity index (χ1v) is 8.60. The molecule has 0 spiro atoms. The maximum absolute atomic E-state index is 15.0. The van der Waals surface area contributed by atoms with E-state index in [1.165, 1.54) is 27.6 Å². The second-order valence-electron chi connectivity index (χ2n) is 7.64. The summed E-state index contributed by atoms with van der Waals surface area (Å²) in [5, 5.41) is 7.68. The number of hydrogen-bond donors (Lipinski definition) is 0. The van der Waals surface area contributed by atoms with Crippen molar-refractivity contribution in [3.8, 4) is 0 Å². The molecular weight excluding hydrogens is 332 g/mol. The minimum absolute atomic E-state index is 0.0875. The van der Waals surface area contributed by atoms with Gasteiger partial charge in [0.15, 0.2) is 0 Å². The average molecular weight is 353 g/mol. The van der Waals surface area contributed by atoms with Gasteiger partial charge >= 0.3 is 0 Å².